The minimum Gasteiger partial charge on any atom is -0.481 e. The van der Waals surface area contributed by atoms with Gasteiger partial charge in [0.05, 0.1) is 5.92 Å². The summed E-state index contributed by atoms with van der Waals surface area (Å²) in [6, 6.07) is 9.64. The predicted molar refractivity (Wildman–Crippen MR) is 127 cm³/mol. The van der Waals surface area contributed by atoms with Crippen LogP contribution < -0.4 is 0 Å². The molecule has 1 amide bonds. The molecule has 2 N–H and O–H groups in total. The monoisotopic (exact) mass is 468 g/mol. The molecular formula is C26H29ClN2O4. The van der Waals surface area contributed by atoms with Gasteiger partial charge in [-0.3, -0.25) is 9.59 Å². The number of furan rings is 1. The fourth-order valence-electron chi connectivity index (χ4n) is 6.06. The summed E-state index contributed by atoms with van der Waals surface area (Å²) < 4.78 is 5.68. The zero-order valence-electron chi connectivity index (χ0n) is 18.7. The molecule has 174 valence electrons. The number of benzene rings is 1. The highest BCUT2D eigenvalue weighted by molar-refractivity contribution is 6.29. The van der Waals surface area contributed by atoms with Crippen LogP contribution in [0.2, 0.25) is 5.22 Å². The van der Waals surface area contributed by atoms with E-state index in [1.165, 1.54) is 0 Å². The highest BCUT2D eigenvalue weighted by atomic mass is 35.5. The Hall–Kier alpha value is -2.73. The highest BCUT2D eigenvalue weighted by Crippen LogP contribution is 2.41. The molecule has 1 saturated carbocycles. The SMILES string of the molecule is CC(CC(=O)N1CCCC2C(C(=O)O)CCCC21)c1c[nH]c2cccc(-c3ccc(Cl)o3)c12. The molecule has 4 unspecified atom stereocenters. The number of amides is 1. The normalized spacial score (nSPS) is 23.9. The Labute approximate surface area is 197 Å². The second-order valence-electron chi connectivity index (χ2n) is 9.52. The minimum absolute atomic E-state index is 0.00271. The molecule has 1 aromatic carbocycles. The molecule has 0 bridgehead atoms. The number of piperidine rings is 1. The average Bonchev–Trinajstić information content (AvgIpc) is 3.44. The van der Waals surface area contributed by atoms with E-state index < -0.39 is 5.97 Å². The van der Waals surface area contributed by atoms with Crippen molar-refractivity contribution >= 4 is 34.4 Å². The Bertz CT molecular complexity index is 1180. The van der Waals surface area contributed by atoms with Crippen LogP contribution >= 0.6 is 11.6 Å². The summed E-state index contributed by atoms with van der Waals surface area (Å²) in [5.74, 6) is -0.142. The Morgan fingerprint density at radius 2 is 2.06 bits per heavy atom. The van der Waals surface area contributed by atoms with E-state index in [1.54, 1.807) is 6.07 Å². The molecular weight excluding hydrogens is 440 g/mol. The van der Waals surface area contributed by atoms with Crippen LogP contribution in [0.1, 0.15) is 56.9 Å². The van der Waals surface area contributed by atoms with Gasteiger partial charge in [0.15, 0.2) is 5.22 Å². The van der Waals surface area contributed by atoms with Crippen LogP contribution in [-0.4, -0.2) is 39.5 Å². The zero-order valence-corrected chi connectivity index (χ0v) is 19.5. The van der Waals surface area contributed by atoms with Crippen molar-refractivity contribution in [2.24, 2.45) is 11.8 Å². The molecule has 0 spiro atoms. The van der Waals surface area contributed by atoms with E-state index in [0.717, 1.165) is 60.7 Å². The fraction of sp³-hybridized carbons (Fsp3) is 0.462. The van der Waals surface area contributed by atoms with Gasteiger partial charge in [-0.05, 0) is 72.9 Å². The molecule has 3 heterocycles. The number of carbonyl (C=O) groups is 2. The van der Waals surface area contributed by atoms with Crippen molar-refractivity contribution in [2.45, 2.75) is 57.4 Å². The van der Waals surface area contributed by atoms with Crippen molar-refractivity contribution in [1.29, 1.82) is 0 Å². The van der Waals surface area contributed by atoms with E-state index in [0.29, 0.717) is 17.4 Å². The highest BCUT2D eigenvalue weighted by Gasteiger charge is 2.43. The molecule has 2 aliphatic rings. The lowest BCUT2D eigenvalue weighted by Crippen LogP contribution is -2.53. The van der Waals surface area contributed by atoms with E-state index in [1.807, 2.05) is 35.4 Å². The van der Waals surface area contributed by atoms with Crippen molar-refractivity contribution in [3.63, 3.8) is 0 Å². The van der Waals surface area contributed by atoms with Gasteiger partial charge in [0.25, 0.3) is 0 Å². The number of likely N-dealkylation sites (tertiary alicyclic amines) is 1. The van der Waals surface area contributed by atoms with E-state index in [-0.39, 0.29) is 29.7 Å². The number of hydrogen-bond donors (Lipinski definition) is 2. The number of hydrogen-bond acceptors (Lipinski definition) is 3. The number of nitrogens with one attached hydrogen (secondary N) is 1. The minimum atomic E-state index is -0.711. The third-order valence-corrected chi connectivity index (χ3v) is 7.79. The first-order chi connectivity index (χ1) is 15.9. The summed E-state index contributed by atoms with van der Waals surface area (Å²) in [5.41, 5.74) is 3.01. The quantitative estimate of drug-likeness (QED) is 0.476. The molecule has 2 fully saturated rings. The van der Waals surface area contributed by atoms with Crippen LogP contribution in [0.3, 0.4) is 0 Å². The van der Waals surface area contributed by atoms with E-state index >= 15 is 0 Å². The predicted octanol–water partition coefficient (Wildman–Crippen LogP) is 6.07. The van der Waals surface area contributed by atoms with Crippen LogP contribution in [0.15, 0.2) is 40.9 Å². The lowest BCUT2D eigenvalue weighted by Gasteiger charge is -2.46. The van der Waals surface area contributed by atoms with Crippen LogP contribution in [0.4, 0.5) is 0 Å². The van der Waals surface area contributed by atoms with Gasteiger partial charge < -0.3 is 19.4 Å². The van der Waals surface area contributed by atoms with Crippen molar-refractivity contribution in [3.8, 4) is 11.3 Å². The number of rotatable bonds is 5. The van der Waals surface area contributed by atoms with Gasteiger partial charge in [-0.25, -0.2) is 0 Å². The van der Waals surface area contributed by atoms with Crippen LogP contribution in [-0.2, 0) is 9.59 Å². The number of carbonyl (C=O) groups excluding carboxylic acids is 1. The number of nitrogens with zero attached hydrogens (tertiary/aromatic N) is 1. The van der Waals surface area contributed by atoms with E-state index in [9.17, 15) is 14.7 Å². The third kappa shape index (κ3) is 4.05. The molecule has 3 aromatic rings. The third-order valence-electron chi connectivity index (χ3n) is 7.59. The van der Waals surface area contributed by atoms with Crippen molar-refractivity contribution in [1.82, 2.24) is 9.88 Å². The van der Waals surface area contributed by atoms with E-state index in [4.69, 9.17) is 16.0 Å². The second kappa shape index (κ2) is 8.90. The van der Waals surface area contributed by atoms with Crippen molar-refractivity contribution in [3.05, 3.63) is 47.3 Å². The molecule has 1 aliphatic carbocycles. The number of aromatic amines is 1. The average molecular weight is 469 g/mol. The van der Waals surface area contributed by atoms with Crippen LogP contribution in [0.25, 0.3) is 22.2 Å². The smallest absolute Gasteiger partial charge is 0.306 e. The maximum Gasteiger partial charge on any atom is 0.306 e. The second-order valence-corrected chi connectivity index (χ2v) is 9.89. The topological polar surface area (TPSA) is 86.5 Å². The van der Waals surface area contributed by atoms with E-state index in [2.05, 4.69) is 11.9 Å². The summed E-state index contributed by atoms with van der Waals surface area (Å²) in [6.45, 7) is 2.80. The standard InChI is InChI=1S/C26H29ClN2O4/c1-15(13-24(30)29-12-4-7-16-17(26(31)32)5-3-9-21(16)29)19-14-28-20-8-2-6-18(25(19)20)22-10-11-23(27)33-22/h2,6,8,10-11,14-17,21,28H,3-5,7,9,12-13H2,1H3,(H,31,32). The van der Waals surface area contributed by atoms with Gasteiger partial charge >= 0.3 is 5.97 Å². The number of carboxylic acid groups (broad SMARTS) is 1. The Kier molecular flexibility index (Phi) is 5.95. The molecule has 2 aromatic heterocycles. The molecule has 1 saturated heterocycles. The van der Waals surface area contributed by atoms with Gasteiger partial charge in [-0.15, -0.1) is 0 Å². The Morgan fingerprint density at radius 3 is 2.82 bits per heavy atom. The lowest BCUT2D eigenvalue weighted by molar-refractivity contribution is -0.152. The number of carboxylic acids is 1. The molecule has 5 rings (SSSR count). The summed E-state index contributed by atoms with van der Waals surface area (Å²) in [5, 5.41) is 11.1. The molecule has 0 radical (unpaired) electrons. The van der Waals surface area contributed by atoms with Gasteiger partial charge in [0.1, 0.15) is 5.76 Å². The maximum absolute atomic E-state index is 13.5. The molecule has 33 heavy (non-hydrogen) atoms. The first-order valence-corrected chi connectivity index (χ1v) is 12.2. The molecule has 6 nitrogen and oxygen atoms in total. The van der Waals surface area contributed by atoms with Gasteiger partial charge in [-0.1, -0.05) is 25.5 Å². The molecule has 1 aliphatic heterocycles. The lowest BCUT2D eigenvalue weighted by atomic mass is 9.71. The summed E-state index contributed by atoms with van der Waals surface area (Å²) >= 11 is 6.02. The summed E-state index contributed by atoms with van der Waals surface area (Å²) in [6.07, 6.45) is 6.65. The van der Waals surface area contributed by atoms with Gasteiger partial charge in [-0.2, -0.15) is 0 Å². The number of H-pyrrole nitrogens is 1. The first kappa shape index (κ1) is 22.1. The number of aliphatic carboxylic acids is 1. The summed E-state index contributed by atoms with van der Waals surface area (Å²) in [4.78, 5) is 30.6. The van der Waals surface area contributed by atoms with Crippen molar-refractivity contribution < 1.29 is 19.1 Å². The van der Waals surface area contributed by atoms with Crippen molar-refractivity contribution in [2.75, 3.05) is 6.54 Å². The van der Waals surface area contributed by atoms with Gasteiger partial charge in [0.2, 0.25) is 5.91 Å². The fourth-order valence-corrected chi connectivity index (χ4v) is 6.20. The summed E-state index contributed by atoms with van der Waals surface area (Å²) in [7, 11) is 0. The van der Waals surface area contributed by atoms with Crippen LogP contribution in [0.5, 0.6) is 0 Å². The zero-order chi connectivity index (χ0) is 23.1. The first-order valence-electron chi connectivity index (χ1n) is 11.8. The van der Waals surface area contributed by atoms with Gasteiger partial charge in [0, 0.05) is 41.7 Å². The Morgan fingerprint density at radius 1 is 1.21 bits per heavy atom. The maximum atomic E-state index is 13.5. The number of fused-ring (bicyclic) bond motifs is 2. The Balaban J connectivity index is 1.39. The number of halogens is 1. The van der Waals surface area contributed by atoms with Crippen LogP contribution in [0, 0.1) is 11.8 Å². The largest absolute Gasteiger partial charge is 0.481 e. The molecule has 7 heteroatoms. The molecule has 4 atom stereocenters. The number of aromatic nitrogens is 1.